The van der Waals surface area contributed by atoms with Crippen molar-refractivity contribution in [2.75, 3.05) is 0 Å². The number of carboxylic acids is 1. The summed E-state index contributed by atoms with van der Waals surface area (Å²) in [6.45, 7) is 4.17. The molecule has 2 aromatic rings. The van der Waals surface area contributed by atoms with Crippen LogP contribution in [-0.4, -0.2) is 27.9 Å². The summed E-state index contributed by atoms with van der Waals surface area (Å²) in [4.78, 5) is 25.9. The molecular formula is C19H21NO4. The minimum Gasteiger partial charge on any atom is -0.475 e. The number of benzene rings is 1. The third-order valence-electron chi connectivity index (χ3n) is 4.58. The van der Waals surface area contributed by atoms with Gasteiger partial charge in [-0.15, -0.1) is 0 Å². The van der Waals surface area contributed by atoms with Gasteiger partial charge in [0.15, 0.2) is 5.76 Å². The van der Waals surface area contributed by atoms with Crippen LogP contribution in [0.1, 0.15) is 52.0 Å². The van der Waals surface area contributed by atoms with Gasteiger partial charge in [0.2, 0.25) is 5.76 Å². The topological polar surface area (TPSA) is 70.8 Å². The summed E-state index contributed by atoms with van der Waals surface area (Å²) in [6.07, 6.45) is 2.24. The van der Waals surface area contributed by atoms with E-state index in [-0.39, 0.29) is 23.5 Å². The fraction of sp³-hybridized carbons (Fsp3) is 0.368. The number of aryl methyl sites for hydroxylation is 1. The molecule has 1 amide bonds. The SMILES string of the molecule is Cc1cc(C(=O)N(Cc2ccccc2)C(C)C2CC2)oc1C(=O)O. The highest BCUT2D eigenvalue weighted by molar-refractivity contribution is 5.94. The molecule has 0 saturated heterocycles. The van der Waals surface area contributed by atoms with Gasteiger partial charge in [-0.3, -0.25) is 4.79 Å². The van der Waals surface area contributed by atoms with Crippen LogP contribution in [0.25, 0.3) is 0 Å². The van der Waals surface area contributed by atoms with E-state index in [1.54, 1.807) is 11.8 Å². The van der Waals surface area contributed by atoms with Gasteiger partial charge < -0.3 is 14.4 Å². The molecule has 5 heteroatoms. The maximum atomic E-state index is 13.0. The van der Waals surface area contributed by atoms with Crippen LogP contribution in [0.5, 0.6) is 0 Å². The molecule has 1 aliphatic rings. The fourth-order valence-corrected chi connectivity index (χ4v) is 2.96. The van der Waals surface area contributed by atoms with Crippen LogP contribution in [0.4, 0.5) is 0 Å². The lowest BCUT2D eigenvalue weighted by molar-refractivity contribution is 0.0604. The Balaban J connectivity index is 1.88. The second kappa shape index (κ2) is 6.51. The van der Waals surface area contributed by atoms with Crippen LogP contribution >= 0.6 is 0 Å². The molecule has 1 heterocycles. The van der Waals surface area contributed by atoms with Crippen molar-refractivity contribution in [1.82, 2.24) is 4.90 Å². The molecule has 0 radical (unpaired) electrons. The van der Waals surface area contributed by atoms with E-state index in [0.717, 1.165) is 18.4 Å². The maximum absolute atomic E-state index is 13.0. The number of rotatable bonds is 6. The number of carbonyl (C=O) groups is 2. The Kier molecular flexibility index (Phi) is 4.42. The number of aromatic carboxylic acids is 1. The van der Waals surface area contributed by atoms with Crippen molar-refractivity contribution in [2.45, 2.75) is 39.3 Å². The van der Waals surface area contributed by atoms with Crippen LogP contribution in [0, 0.1) is 12.8 Å². The van der Waals surface area contributed by atoms with E-state index in [1.807, 2.05) is 37.3 Å². The molecule has 5 nitrogen and oxygen atoms in total. The van der Waals surface area contributed by atoms with Gasteiger partial charge in [-0.1, -0.05) is 30.3 Å². The second-order valence-electron chi connectivity index (χ2n) is 6.42. The largest absolute Gasteiger partial charge is 0.475 e. The highest BCUT2D eigenvalue weighted by Gasteiger charge is 2.36. The minimum absolute atomic E-state index is 0.0910. The number of carbonyl (C=O) groups excluding carboxylic acids is 1. The lowest BCUT2D eigenvalue weighted by Crippen LogP contribution is -2.39. The van der Waals surface area contributed by atoms with E-state index in [4.69, 9.17) is 9.52 Å². The molecule has 1 aromatic heterocycles. The first-order valence-corrected chi connectivity index (χ1v) is 8.16. The normalized spacial score (nSPS) is 15.1. The van der Waals surface area contributed by atoms with Gasteiger partial charge in [-0.2, -0.15) is 0 Å². The second-order valence-corrected chi connectivity index (χ2v) is 6.42. The van der Waals surface area contributed by atoms with Gasteiger partial charge in [-0.05, 0) is 44.2 Å². The molecule has 1 atom stereocenters. The van der Waals surface area contributed by atoms with Crippen molar-refractivity contribution in [3.8, 4) is 0 Å². The van der Waals surface area contributed by atoms with Gasteiger partial charge >= 0.3 is 5.97 Å². The smallest absolute Gasteiger partial charge is 0.372 e. The van der Waals surface area contributed by atoms with Gasteiger partial charge in [0.05, 0.1) is 0 Å². The number of carboxylic acid groups (broad SMARTS) is 1. The Morgan fingerprint density at radius 3 is 2.50 bits per heavy atom. The van der Waals surface area contributed by atoms with Crippen LogP contribution in [0.3, 0.4) is 0 Å². The molecule has 3 rings (SSSR count). The number of nitrogens with zero attached hydrogens (tertiary/aromatic N) is 1. The molecule has 1 fully saturated rings. The molecular weight excluding hydrogens is 306 g/mol. The quantitative estimate of drug-likeness (QED) is 0.877. The van der Waals surface area contributed by atoms with E-state index in [1.165, 1.54) is 6.07 Å². The number of furan rings is 1. The Bertz CT molecular complexity index is 746. The van der Waals surface area contributed by atoms with Crippen molar-refractivity contribution in [2.24, 2.45) is 5.92 Å². The fourth-order valence-electron chi connectivity index (χ4n) is 2.96. The lowest BCUT2D eigenvalue weighted by atomic mass is 10.1. The van der Waals surface area contributed by atoms with Gasteiger partial charge in [0.25, 0.3) is 5.91 Å². The van der Waals surface area contributed by atoms with E-state index >= 15 is 0 Å². The van der Waals surface area contributed by atoms with E-state index in [0.29, 0.717) is 18.0 Å². The number of hydrogen-bond acceptors (Lipinski definition) is 3. The summed E-state index contributed by atoms with van der Waals surface area (Å²) in [5.74, 6) is -0.983. The van der Waals surface area contributed by atoms with Crippen LogP contribution in [-0.2, 0) is 6.54 Å². The van der Waals surface area contributed by atoms with Crippen LogP contribution in [0.15, 0.2) is 40.8 Å². The van der Waals surface area contributed by atoms with Crippen LogP contribution < -0.4 is 0 Å². The summed E-state index contributed by atoms with van der Waals surface area (Å²) >= 11 is 0. The molecule has 0 spiro atoms. The summed E-state index contributed by atoms with van der Waals surface area (Å²) in [7, 11) is 0. The van der Waals surface area contributed by atoms with E-state index in [9.17, 15) is 9.59 Å². The first kappa shape index (κ1) is 16.3. The standard InChI is InChI=1S/C19H21NO4/c1-12-10-16(24-17(12)19(22)23)18(21)20(13(2)15-8-9-15)11-14-6-4-3-5-7-14/h3-7,10,13,15H,8-9,11H2,1-2H3,(H,22,23). The zero-order valence-electron chi connectivity index (χ0n) is 13.9. The Hall–Kier alpha value is -2.56. The van der Waals surface area contributed by atoms with Gasteiger partial charge in [0, 0.05) is 18.2 Å². The summed E-state index contributed by atoms with van der Waals surface area (Å²) in [6, 6.07) is 11.4. The third-order valence-corrected chi connectivity index (χ3v) is 4.58. The molecule has 24 heavy (non-hydrogen) atoms. The zero-order valence-corrected chi connectivity index (χ0v) is 13.9. The Morgan fingerprint density at radius 2 is 1.96 bits per heavy atom. The number of amides is 1. The van der Waals surface area contributed by atoms with E-state index < -0.39 is 5.97 Å². The molecule has 1 unspecified atom stereocenters. The zero-order chi connectivity index (χ0) is 17.3. The van der Waals surface area contributed by atoms with Crippen molar-refractivity contribution in [1.29, 1.82) is 0 Å². The van der Waals surface area contributed by atoms with Crippen LogP contribution in [0.2, 0.25) is 0 Å². The molecule has 1 saturated carbocycles. The molecule has 0 bridgehead atoms. The first-order valence-electron chi connectivity index (χ1n) is 8.16. The first-order chi connectivity index (χ1) is 11.5. The molecule has 1 aliphatic carbocycles. The predicted octanol–water partition coefficient (Wildman–Crippen LogP) is 3.73. The van der Waals surface area contributed by atoms with Crippen molar-refractivity contribution in [3.05, 3.63) is 59.0 Å². The van der Waals surface area contributed by atoms with Crippen molar-refractivity contribution >= 4 is 11.9 Å². The average molecular weight is 327 g/mol. The lowest BCUT2D eigenvalue weighted by Gasteiger charge is -2.28. The molecule has 0 aliphatic heterocycles. The highest BCUT2D eigenvalue weighted by atomic mass is 16.4. The van der Waals surface area contributed by atoms with Crippen molar-refractivity contribution in [3.63, 3.8) is 0 Å². The Morgan fingerprint density at radius 1 is 1.29 bits per heavy atom. The summed E-state index contributed by atoms with van der Waals surface area (Å²) < 4.78 is 5.32. The average Bonchev–Trinajstić information content (AvgIpc) is 3.34. The minimum atomic E-state index is -1.16. The predicted molar refractivity (Wildman–Crippen MR) is 88.9 cm³/mol. The monoisotopic (exact) mass is 327 g/mol. The van der Waals surface area contributed by atoms with E-state index in [2.05, 4.69) is 0 Å². The third kappa shape index (κ3) is 3.35. The number of hydrogen-bond donors (Lipinski definition) is 1. The van der Waals surface area contributed by atoms with Gasteiger partial charge in [0.1, 0.15) is 0 Å². The van der Waals surface area contributed by atoms with Crippen molar-refractivity contribution < 1.29 is 19.1 Å². The Labute approximate surface area is 140 Å². The highest BCUT2D eigenvalue weighted by Crippen LogP contribution is 2.36. The maximum Gasteiger partial charge on any atom is 0.372 e. The molecule has 126 valence electrons. The molecule has 1 N–H and O–H groups in total. The summed E-state index contributed by atoms with van der Waals surface area (Å²) in [5.41, 5.74) is 1.50. The summed E-state index contributed by atoms with van der Waals surface area (Å²) in [5, 5.41) is 9.12. The van der Waals surface area contributed by atoms with Gasteiger partial charge in [-0.25, -0.2) is 4.79 Å². The molecule has 1 aromatic carbocycles.